The Morgan fingerprint density at radius 2 is 2.26 bits per heavy atom. The normalized spacial score (nSPS) is 21.9. The number of aromatic carboxylic acids is 1. The summed E-state index contributed by atoms with van der Waals surface area (Å²) >= 11 is 0. The smallest absolute Gasteiger partial charge is 0.339 e. The van der Waals surface area contributed by atoms with Crippen molar-refractivity contribution in [3.05, 3.63) is 17.5 Å². The first-order valence-corrected chi connectivity index (χ1v) is 6.71. The Morgan fingerprint density at radius 1 is 1.53 bits per heavy atom. The zero-order valence-electron chi connectivity index (χ0n) is 11.7. The molecule has 0 aromatic carbocycles. The van der Waals surface area contributed by atoms with E-state index in [1.807, 2.05) is 0 Å². The van der Waals surface area contributed by atoms with Crippen molar-refractivity contribution in [1.82, 2.24) is 9.97 Å². The molecule has 2 rings (SSSR count). The lowest BCUT2D eigenvalue weighted by molar-refractivity contribution is 0.0695. The first-order valence-electron chi connectivity index (χ1n) is 6.71. The van der Waals surface area contributed by atoms with Crippen LogP contribution in [0.15, 0.2) is 6.20 Å². The Balaban J connectivity index is 2.07. The van der Waals surface area contributed by atoms with E-state index in [-0.39, 0.29) is 5.56 Å². The number of nitrogens with zero attached hydrogens (tertiary/aromatic N) is 2. The predicted molar refractivity (Wildman–Crippen MR) is 73.4 cm³/mol. The van der Waals surface area contributed by atoms with Gasteiger partial charge in [-0.3, -0.25) is 0 Å². The van der Waals surface area contributed by atoms with Gasteiger partial charge in [-0.15, -0.1) is 0 Å². The maximum Gasteiger partial charge on any atom is 0.339 e. The van der Waals surface area contributed by atoms with Crippen LogP contribution in [0, 0.1) is 12.3 Å². The highest BCUT2D eigenvalue weighted by molar-refractivity contribution is 5.88. The second kappa shape index (κ2) is 5.15. The average Bonchev–Trinajstić information content (AvgIpc) is 2.27. The Kier molecular flexibility index (Phi) is 3.73. The van der Waals surface area contributed by atoms with Gasteiger partial charge in [0.2, 0.25) is 5.95 Å². The van der Waals surface area contributed by atoms with E-state index < -0.39 is 5.97 Å². The third-order valence-electron chi connectivity index (χ3n) is 3.75. The fraction of sp³-hybridized carbons (Fsp3) is 0.643. The summed E-state index contributed by atoms with van der Waals surface area (Å²) in [4.78, 5) is 19.2. The fourth-order valence-electron chi connectivity index (χ4n) is 2.75. The lowest BCUT2D eigenvalue weighted by Gasteiger charge is -2.35. The van der Waals surface area contributed by atoms with Crippen LogP contribution in [0.2, 0.25) is 0 Å². The third kappa shape index (κ3) is 3.43. The number of rotatable bonds is 3. The lowest BCUT2D eigenvalue weighted by Crippen LogP contribution is -2.32. The van der Waals surface area contributed by atoms with Crippen LogP contribution in [0.25, 0.3) is 0 Å². The van der Waals surface area contributed by atoms with Crippen molar-refractivity contribution >= 4 is 11.9 Å². The minimum atomic E-state index is -0.983. The molecule has 0 saturated heterocycles. The summed E-state index contributed by atoms with van der Waals surface area (Å²) in [6.07, 6.45) is 6.05. The molecule has 0 spiro atoms. The number of anilines is 1. The molecule has 104 valence electrons. The summed E-state index contributed by atoms with van der Waals surface area (Å²) in [7, 11) is 0. The van der Waals surface area contributed by atoms with E-state index in [0.29, 0.717) is 23.1 Å². The minimum absolute atomic E-state index is 0.162. The summed E-state index contributed by atoms with van der Waals surface area (Å²) in [6, 6.07) is 0.374. The summed E-state index contributed by atoms with van der Waals surface area (Å²) < 4.78 is 0. The van der Waals surface area contributed by atoms with Crippen LogP contribution >= 0.6 is 0 Å². The van der Waals surface area contributed by atoms with Crippen molar-refractivity contribution < 1.29 is 9.90 Å². The molecule has 5 heteroatoms. The maximum atomic E-state index is 10.9. The lowest BCUT2D eigenvalue weighted by atomic mass is 9.75. The number of carboxylic acid groups (broad SMARTS) is 1. The number of aromatic nitrogens is 2. The van der Waals surface area contributed by atoms with E-state index in [4.69, 9.17) is 5.11 Å². The highest BCUT2D eigenvalue weighted by Crippen LogP contribution is 2.35. The minimum Gasteiger partial charge on any atom is -0.478 e. The molecule has 1 atom stereocenters. The van der Waals surface area contributed by atoms with Gasteiger partial charge in [0.05, 0.1) is 11.3 Å². The van der Waals surface area contributed by atoms with Gasteiger partial charge >= 0.3 is 5.97 Å². The summed E-state index contributed by atoms with van der Waals surface area (Å²) in [5, 5.41) is 12.3. The van der Waals surface area contributed by atoms with Crippen molar-refractivity contribution in [2.45, 2.75) is 52.5 Å². The van der Waals surface area contributed by atoms with E-state index in [0.717, 1.165) is 12.8 Å². The van der Waals surface area contributed by atoms with Crippen LogP contribution < -0.4 is 5.32 Å². The molecule has 1 saturated carbocycles. The largest absolute Gasteiger partial charge is 0.478 e. The van der Waals surface area contributed by atoms with Crippen molar-refractivity contribution in [2.24, 2.45) is 5.41 Å². The molecule has 1 heterocycles. The van der Waals surface area contributed by atoms with E-state index in [9.17, 15) is 4.79 Å². The second-order valence-corrected chi connectivity index (χ2v) is 6.10. The van der Waals surface area contributed by atoms with Crippen LogP contribution in [0.3, 0.4) is 0 Å². The molecule has 2 N–H and O–H groups in total. The van der Waals surface area contributed by atoms with E-state index in [1.165, 1.54) is 19.0 Å². The molecule has 1 unspecified atom stereocenters. The van der Waals surface area contributed by atoms with Gasteiger partial charge in [-0.2, -0.15) is 0 Å². The van der Waals surface area contributed by atoms with E-state index >= 15 is 0 Å². The first kappa shape index (κ1) is 13.8. The van der Waals surface area contributed by atoms with Gasteiger partial charge in [-0.1, -0.05) is 20.3 Å². The zero-order valence-corrected chi connectivity index (χ0v) is 11.7. The SMILES string of the molecule is Cc1nc(NC2CCCC(C)(C)C2)ncc1C(=O)O. The van der Waals surface area contributed by atoms with Crippen molar-refractivity contribution in [3.63, 3.8) is 0 Å². The van der Waals surface area contributed by atoms with Crippen molar-refractivity contribution in [2.75, 3.05) is 5.32 Å². The molecule has 1 aliphatic carbocycles. The van der Waals surface area contributed by atoms with Gasteiger partial charge in [0.1, 0.15) is 0 Å². The van der Waals surface area contributed by atoms with Crippen molar-refractivity contribution in [1.29, 1.82) is 0 Å². The monoisotopic (exact) mass is 263 g/mol. The summed E-state index contributed by atoms with van der Waals surface area (Å²) in [5.41, 5.74) is 1.01. The van der Waals surface area contributed by atoms with Crippen LogP contribution in [0.1, 0.15) is 55.6 Å². The summed E-state index contributed by atoms with van der Waals surface area (Å²) in [6.45, 7) is 6.25. The molecule has 0 bridgehead atoms. The first-order chi connectivity index (χ1) is 8.87. The molecule has 19 heavy (non-hydrogen) atoms. The molecule has 1 aromatic heterocycles. The van der Waals surface area contributed by atoms with Crippen LogP contribution in [-0.4, -0.2) is 27.1 Å². The van der Waals surface area contributed by atoms with Gasteiger partial charge in [0.25, 0.3) is 0 Å². The van der Waals surface area contributed by atoms with E-state index in [1.54, 1.807) is 6.92 Å². The summed E-state index contributed by atoms with van der Waals surface area (Å²) in [5.74, 6) is -0.451. The number of carbonyl (C=O) groups is 1. The molecule has 5 nitrogen and oxygen atoms in total. The molecule has 1 aromatic rings. The standard InChI is InChI=1S/C14H21N3O2/c1-9-11(12(18)19)8-15-13(16-9)17-10-5-4-6-14(2,3)7-10/h8,10H,4-7H2,1-3H3,(H,18,19)(H,15,16,17). The molecule has 1 aliphatic rings. The molecular formula is C14H21N3O2. The van der Waals surface area contributed by atoms with Crippen LogP contribution in [0.4, 0.5) is 5.95 Å². The van der Waals surface area contributed by atoms with Crippen molar-refractivity contribution in [3.8, 4) is 0 Å². The topological polar surface area (TPSA) is 75.1 Å². The number of nitrogens with one attached hydrogen (secondary N) is 1. The Bertz CT molecular complexity index is 486. The van der Waals surface area contributed by atoms with Gasteiger partial charge in [-0.25, -0.2) is 14.8 Å². The van der Waals surface area contributed by atoms with Gasteiger partial charge in [0, 0.05) is 12.2 Å². The quantitative estimate of drug-likeness (QED) is 0.877. The van der Waals surface area contributed by atoms with Gasteiger partial charge in [-0.05, 0) is 31.6 Å². The number of carboxylic acids is 1. The van der Waals surface area contributed by atoms with E-state index in [2.05, 4.69) is 29.1 Å². The Morgan fingerprint density at radius 3 is 2.84 bits per heavy atom. The van der Waals surface area contributed by atoms with Gasteiger partial charge < -0.3 is 10.4 Å². The number of hydrogen-bond acceptors (Lipinski definition) is 4. The number of hydrogen-bond donors (Lipinski definition) is 2. The maximum absolute atomic E-state index is 10.9. The molecule has 1 fully saturated rings. The fourth-order valence-corrected chi connectivity index (χ4v) is 2.75. The zero-order chi connectivity index (χ0) is 14.0. The molecule has 0 amide bonds. The molecular weight excluding hydrogens is 242 g/mol. The van der Waals surface area contributed by atoms with Crippen LogP contribution in [0.5, 0.6) is 0 Å². The second-order valence-electron chi connectivity index (χ2n) is 6.10. The predicted octanol–water partition coefficient (Wildman–Crippen LogP) is 2.86. The highest BCUT2D eigenvalue weighted by atomic mass is 16.4. The molecule has 0 aliphatic heterocycles. The van der Waals surface area contributed by atoms with Crippen LogP contribution in [-0.2, 0) is 0 Å². The molecule has 0 radical (unpaired) electrons. The average molecular weight is 263 g/mol. The Labute approximate surface area is 113 Å². The van der Waals surface area contributed by atoms with Gasteiger partial charge in [0.15, 0.2) is 0 Å². The Hall–Kier alpha value is -1.65. The highest BCUT2D eigenvalue weighted by Gasteiger charge is 2.28. The number of aryl methyl sites for hydroxylation is 1. The third-order valence-corrected chi connectivity index (χ3v) is 3.75.